The Morgan fingerprint density at radius 2 is 2.40 bits per heavy atom. The highest BCUT2D eigenvalue weighted by molar-refractivity contribution is 6.12. The summed E-state index contributed by atoms with van der Waals surface area (Å²) in [6.45, 7) is 0. The van der Waals surface area contributed by atoms with Crippen molar-refractivity contribution >= 4 is 11.9 Å². The topological polar surface area (TPSA) is 50.7 Å². The molecule has 0 saturated carbocycles. The largest absolute Gasteiger partial charge is 0.305 e. The number of hydrogen-bond donors (Lipinski definition) is 1. The van der Waals surface area contributed by atoms with E-state index in [1.807, 2.05) is 12.2 Å². The second-order valence-corrected chi connectivity index (χ2v) is 2.20. The molecule has 0 fully saturated rings. The molecule has 0 aromatic carbocycles. The van der Waals surface area contributed by atoms with Crippen molar-refractivity contribution in [1.82, 2.24) is 0 Å². The van der Waals surface area contributed by atoms with E-state index in [0.717, 1.165) is 11.3 Å². The standard InChI is InChI=1S/C7H7N3/c8-7-6-5(1-3-9-6)2-4-10-7/h1-4,7H,8H2. The zero-order valence-corrected chi connectivity index (χ0v) is 5.36. The minimum Gasteiger partial charge on any atom is -0.305 e. The van der Waals surface area contributed by atoms with Gasteiger partial charge in [0, 0.05) is 18.0 Å². The number of rotatable bonds is 0. The molecular weight excluding hydrogens is 126 g/mol. The lowest BCUT2D eigenvalue weighted by Crippen LogP contribution is -2.30. The Balaban J connectivity index is 2.45. The summed E-state index contributed by atoms with van der Waals surface area (Å²) in [6, 6.07) is 0. The van der Waals surface area contributed by atoms with E-state index in [1.165, 1.54) is 0 Å². The Hall–Kier alpha value is -1.22. The minimum atomic E-state index is -0.255. The normalized spacial score (nSPS) is 27.9. The molecule has 2 N–H and O–H groups in total. The lowest BCUT2D eigenvalue weighted by atomic mass is 10.1. The van der Waals surface area contributed by atoms with Gasteiger partial charge in [-0.05, 0) is 12.2 Å². The highest BCUT2D eigenvalue weighted by Gasteiger charge is 2.17. The molecule has 2 heterocycles. The molecule has 0 spiro atoms. The summed E-state index contributed by atoms with van der Waals surface area (Å²) in [7, 11) is 0. The van der Waals surface area contributed by atoms with E-state index in [4.69, 9.17) is 5.73 Å². The van der Waals surface area contributed by atoms with Gasteiger partial charge in [0.2, 0.25) is 0 Å². The Morgan fingerprint density at radius 3 is 3.20 bits per heavy atom. The highest BCUT2D eigenvalue weighted by Crippen LogP contribution is 2.13. The second-order valence-electron chi connectivity index (χ2n) is 2.20. The second kappa shape index (κ2) is 1.88. The van der Waals surface area contributed by atoms with Crippen LogP contribution in [0.25, 0.3) is 0 Å². The number of allylic oxidation sites excluding steroid dienone is 2. The van der Waals surface area contributed by atoms with Gasteiger partial charge in [-0.1, -0.05) is 0 Å². The van der Waals surface area contributed by atoms with Gasteiger partial charge in [0.1, 0.15) is 6.17 Å². The van der Waals surface area contributed by atoms with Crippen molar-refractivity contribution in [3.05, 3.63) is 23.9 Å². The van der Waals surface area contributed by atoms with E-state index < -0.39 is 0 Å². The first kappa shape index (κ1) is 5.56. The smallest absolute Gasteiger partial charge is 0.140 e. The van der Waals surface area contributed by atoms with Crippen LogP contribution >= 0.6 is 0 Å². The van der Waals surface area contributed by atoms with Crippen LogP contribution in [-0.4, -0.2) is 18.1 Å². The van der Waals surface area contributed by atoms with Crippen LogP contribution in [0, 0.1) is 0 Å². The van der Waals surface area contributed by atoms with E-state index in [0.29, 0.717) is 0 Å². The fraction of sp³-hybridized carbons (Fsp3) is 0.143. The summed E-state index contributed by atoms with van der Waals surface area (Å²) in [5.41, 5.74) is 7.57. The maximum Gasteiger partial charge on any atom is 0.140 e. The molecule has 2 aliphatic heterocycles. The van der Waals surface area contributed by atoms with Crippen LogP contribution in [0.5, 0.6) is 0 Å². The minimum absolute atomic E-state index is 0.255. The fourth-order valence-corrected chi connectivity index (χ4v) is 1.03. The summed E-state index contributed by atoms with van der Waals surface area (Å²) in [4.78, 5) is 8.05. The maximum atomic E-state index is 5.61. The van der Waals surface area contributed by atoms with Crippen LogP contribution < -0.4 is 5.73 Å². The van der Waals surface area contributed by atoms with Crippen molar-refractivity contribution in [2.24, 2.45) is 15.7 Å². The first-order valence-corrected chi connectivity index (χ1v) is 3.11. The zero-order chi connectivity index (χ0) is 6.97. The highest BCUT2D eigenvalue weighted by atomic mass is 15.0. The van der Waals surface area contributed by atoms with Crippen LogP contribution in [0.3, 0.4) is 0 Å². The van der Waals surface area contributed by atoms with Crippen LogP contribution in [-0.2, 0) is 0 Å². The maximum absolute atomic E-state index is 5.61. The average molecular weight is 133 g/mol. The molecule has 1 atom stereocenters. The number of aliphatic imine (C=N–C) groups is 2. The molecule has 2 aliphatic rings. The Morgan fingerprint density at radius 1 is 1.50 bits per heavy atom. The zero-order valence-electron chi connectivity index (χ0n) is 5.36. The van der Waals surface area contributed by atoms with E-state index in [-0.39, 0.29) is 6.17 Å². The Kier molecular flexibility index (Phi) is 1.05. The molecule has 3 nitrogen and oxygen atoms in total. The van der Waals surface area contributed by atoms with Gasteiger partial charge in [0.05, 0.1) is 5.71 Å². The van der Waals surface area contributed by atoms with Gasteiger partial charge in [-0.2, -0.15) is 0 Å². The van der Waals surface area contributed by atoms with Gasteiger partial charge in [-0.3, -0.25) is 9.98 Å². The van der Waals surface area contributed by atoms with Crippen molar-refractivity contribution in [3.8, 4) is 0 Å². The van der Waals surface area contributed by atoms with E-state index in [1.54, 1.807) is 12.4 Å². The molecule has 3 heteroatoms. The molecule has 50 valence electrons. The van der Waals surface area contributed by atoms with Crippen LogP contribution in [0.15, 0.2) is 33.9 Å². The SMILES string of the molecule is NC1N=CC=C2C=CN=C21. The van der Waals surface area contributed by atoms with Crippen molar-refractivity contribution in [1.29, 1.82) is 0 Å². The van der Waals surface area contributed by atoms with Crippen molar-refractivity contribution in [3.63, 3.8) is 0 Å². The van der Waals surface area contributed by atoms with E-state index >= 15 is 0 Å². The lowest BCUT2D eigenvalue weighted by Gasteiger charge is -2.10. The van der Waals surface area contributed by atoms with E-state index in [2.05, 4.69) is 9.98 Å². The third kappa shape index (κ3) is 0.642. The number of hydrogen-bond acceptors (Lipinski definition) is 3. The lowest BCUT2D eigenvalue weighted by molar-refractivity contribution is 0.926. The van der Waals surface area contributed by atoms with Gasteiger partial charge in [0.15, 0.2) is 0 Å². The van der Waals surface area contributed by atoms with Crippen LogP contribution in [0.4, 0.5) is 0 Å². The van der Waals surface area contributed by atoms with Crippen molar-refractivity contribution in [2.45, 2.75) is 6.17 Å². The fourth-order valence-electron chi connectivity index (χ4n) is 1.03. The summed E-state index contributed by atoms with van der Waals surface area (Å²) in [6.07, 6.45) is 7.05. The quantitative estimate of drug-likeness (QED) is 0.506. The molecule has 0 bridgehead atoms. The number of dihydropyridines is 1. The molecular formula is C7H7N3. The Labute approximate surface area is 58.7 Å². The van der Waals surface area contributed by atoms with Gasteiger partial charge in [-0.15, -0.1) is 0 Å². The molecule has 0 aliphatic carbocycles. The third-order valence-corrected chi connectivity index (χ3v) is 1.54. The summed E-state index contributed by atoms with van der Waals surface area (Å²) >= 11 is 0. The molecule has 0 amide bonds. The first-order chi connectivity index (χ1) is 4.88. The monoisotopic (exact) mass is 133 g/mol. The molecule has 0 radical (unpaired) electrons. The summed E-state index contributed by atoms with van der Waals surface area (Å²) in [5.74, 6) is 0. The number of nitrogens with two attached hydrogens (primary N) is 1. The van der Waals surface area contributed by atoms with Gasteiger partial charge >= 0.3 is 0 Å². The Bertz CT molecular complexity index is 271. The van der Waals surface area contributed by atoms with Gasteiger partial charge < -0.3 is 5.73 Å². The molecule has 2 rings (SSSR count). The van der Waals surface area contributed by atoms with Crippen molar-refractivity contribution < 1.29 is 0 Å². The van der Waals surface area contributed by atoms with Crippen LogP contribution in [0.2, 0.25) is 0 Å². The summed E-state index contributed by atoms with van der Waals surface area (Å²) in [5, 5.41) is 0. The molecule has 0 aromatic rings. The van der Waals surface area contributed by atoms with Gasteiger partial charge in [-0.25, -0.2) is 0 Å². The van der Waals surface area contributed by atoms with Crippen LogP contribution in [0.1, 0.15) is 0 Å². The number of fused-ring (bicyclic) bond motifs is 1. The average Bonchev–Trinajstić information content (AvgIpc) is 2.36. The first-order valence-electron chi connectivity index (χ1n) is 3.11. The van der Waals surface area contributed by atoms with Gasteiger partial charge in [0.25, 0.3) is 0 Å². The molecule has 0 aromatic heterocycles. The van der Waals surface area contributed by atoms with Crippen molar-refractivity contribution in [2.75, 3.05) is 0 Å². The summed E-state index contributed by atoms with van der Waals surface area (Å²) < 4.78 is 0. The third-order valence-electron chi connectivity index (χ3n) is 1.54. The van der Waals surface area contributed by atoms with E-state index in [9.17, 15) is 0 Å². The molecule has 0 saturated heterocycles. The predicted octanol–water partition coefficient (Wildman–Crippen LogP) is 0.250. The number of nitrogens with zero attached hydrogens (tertiary/aromatic N) is 2. The predicted molar refractivity (Wildman–Crippen MR) is 41.1 cm³/mol. The molecule has 1 unspecified atom stereocenters. The molecule has 10 heavy (non-hydrogen) atoms.